The Labute approximate surface area is 90.8 Å². The van der Waals surface area contributed by atoms with Crippen molar-refractivity contribution in [3.8, 4) is 11.3 Å². The lowest BCUT2D eigenvalue weighted by Gasteiger charge is -1.92. The van der Waals surface area contributed by atoms with Crippen LogP contribution in [0.25, 0.3) is 17.0 Å². The molecule has 4 nitrogen and oxygen atoms in total. The van der Waals surface area contributed by atoms with Crippen molar-refractivity contribution in [1.82, 2.24) is 9.61 Å². The molecule has 0 fully saturated rings. The lowest BCUT2D eigenvalue weighted by atomic mass is 10.2. The van der Waals surface area contributed by atoms with Crippen molar-refractivity contribution in [3.63, 3.8) is 0 Å². The zero-order valence-corrected chi connectivity index (χ0v) is 8.33. The number of rotatable bonds is 1. The molecule has 0 saturated heterocycles. The molecular formula is C12H8N2O2. The zero-order valence-electron chi connectivity index (χ0n) is 8.33. The van der Waals surface area contributed by atoms with Gasteiger partial charge in [-0.15, -0.1) is 0 Å². The molecule has 78 valence electrons. The summed E-state index contributed by atoms with van der Waals surface area (Å²) in [6, 6.07) is 12.7. The standard InChI is InChI=1S/C12H8N2O2/c15-11-6-7-16-12-8-10(13-14(11)12)9-4-2-1-3-5-9/h1-8H. The van der Waals surface area contributed by atoms with E-state index >= 15 is 0 Å². The summed E-state index contributed by atoms with van der Waals surface area (Å²) in [5.41, 5.74) is 1.95. The molecule has 16 heavy (non-hydrogen) atoms. The first-order valence-electron chi connectivity index (χ1n) is 4.87. The highest BCUT2D eigenvalue weighted by Gasteiger charge is 2.06. The van der Waals surface area contributed by atoms with Crippen LogP contribution in [0.4, 0.5) is 0 Å². The van der Waals surface area contributed by atoms with E-state index < -0.39 is 0 Å². The molecule has 1 aromatic carbocycles. The van der Waals surface area contributed by atoms with Crippen LogP contribution in [0.1, 0.15) is 0 Å². The Morgan fingerprint density at radius 2 is 1.94 bits per heavy atom. The Bertz CT molecular complexity index is 683. The summed E-state index contributed by atoms with van der Waals surface area (Å²) in [6.45, 7) is 0. The van der Waals surface area contributed by atoms with Gasteiger partial charge < -0.3 is 4.42 Å². The predicted molar refractivity (Wildman–Crippen MR) is 59.2 cm³/mol. The van der Waals surface area contributed by atoms with Crippen molar-refractivity contribution in [2.24, 2.45) is 0 Å². The molecule has 3 aromatic rings. The molecule has 2 aromatic heterocycles. The van der Waals surface area contributed by atoms with E-state index in [0.717, 1.165) is 11.3 Å². The van der Waals surface area contributed by atoms with E-state index in [1.807, 2.05) is 30.3 Å². The molecule has 0 saturated carbocycles. The maximum Gasteiger partial charge on any atom is 0.277 e. The van der Waals surface area contributed by atoms with E-state index in [4.69, 9.17) is 4.42 Å². The number of aromatic nitrogens is 2. The van der Waals surface area contributed by atoms with Crippen LogP contribution in [0.2, 0.25) is 0 Å². The van der Waals surface area contributed by atoms with Crippen LogP contribution in [-0.2, 0) is 0 Å². The topological polar surface area (TPSA) is 47.5 Å². The minimum Gasteiger partial charge on any atom is -0.446 e. The Balaban J connectivity index is 2.28. The minimum atomic E-state index is -0.191. The lowest BCUT2D eigenvalue weighted by molar-refractivity contribution is 0.562. The molecule has 0 N–H and O–H groups in total. The fourth-order valence-electron chi connectivity index (χ4n) is 1.59. The maximum absolute atomic E-state index is 11.5. The van der Waals surface area contributed by atoms with Crippen molar-refractivity contribution in [2.75, 3.05) is 0 Å². The van der Waals surface area contributed by atoms with Crippen LogP contribution >= 0.6 is 0 Å². The van der Waals surface area contributed by atoms with Gasteiger partial charge in [0.2, 0.25) is 5.71 Å². The average molecular weight is 212 g/mol. The number of hydrogen-bond acceptors (Lipinski definition) is 3. The SMILES string of the molecule is O=c1ccoc2cc(-c3ccccc3)nn12. The molecule has 0 atom stereocenters. The van der Waals surface area contributed by atoms with E-state index in [0.29, 0.717) is 5.71 Å². The van der Waals surface area contributed by atoms with Crippen LogP contribution in [-0.4, -0.2) is 9.61 Å². The summed E-state index contributed by atoms with van der Waals surface area (Å²) >= 11 is 0. The molecule has 3 rings (SSSR count). The second-order valence-corrected chi connectivity index (χ2v) is 3.40. The van der Waals surface area contributed by atoms with Gasteiger partial charge in [0.1, 0.15) is 0 Å². The normalized spacial score (nSPS) is 10.8. The van der Waals surface area contributed by atoms with Gasteiger partial charge in [0, 0.05) is 17.7 Å². The number of hydrogen-bond donors (Lipinski definition) is 0. The van der Waals surface area contributed by atoms with E-state index in [2.05, 4.69) is 5.10 Å². The quantitative estimate of drug-likeness (QED) is 0.619. The van der Waals surface area contributed by atoms with Gasteiger partial charge in [0.25, 0.3) is 5.56 Å². The molecule has 0 bridgehead atoms. The Kier molecular flexibility index (Phi) is 1.86. The fourth-order valence-corrected chi connectivity index (χ4v) is 1.59. The first kappa shape index (κ1) is 8.91. The summed E-state index contributed by atoms with van der Waals surface area (Å²) in [5.74, 6) is 0. The second kappa shape index (κ2) is 3.34. The van der Waals surface area contributed by atoms with Gasteiger partial charge >= 0.3 is 0 Å². The number of nitrogens with zero attached hydrogens (tertiary/aromatic N) is 2. The molecule has 0 aliphatic rings. The monoisotopic (exact) mass is 212 g/mol. The molecule has 0 aliphatic carbocycles. The third-order valence-corrected chi connectivity index (χ3v) is 2.35. The van der Waals surface area contributed by atoms with E-state index in [9.17, 15) is 4.79 Å². The van der Waals surface area contributed by atoms with E-state index in [1.165, 1.54) is 16.8 Å². The van der Waals surface area contributed by atoms with Crippen LogP contribution in [0.3, 0.4) is 0 Å². The maximum atomic E-state index is 11.5. The molecule has 0 radical (unpaired) electrons. The van der Waals surface area contributed by atoms with Gasteiger partial charge in [-0.3, -0.25) is 4.79 Å². The van der Waals surface area contributed by atoms with Gasteiger partial charge in [-0.2, -0.15) is 9.61 Å². The van der Waals surface area contributed by atoms with Gasteiger partial charge in [-0.1, -0.05) is 30.3 Å². The van der Waals surface area contributed by atoms with Crippen molar-refractivity contribution >= 4 is 5.71 Å². The van der Waals surface area contributed by atoms with Crippen LogP contribution in [0.5, 0.6) is 0 Å². The van der Waals surface area contributed by atoms with Crippen molar-refractivity contribution in [1.29, 1.82) is 0 Å². The van der Waals surface area contributed by atoms with E-state index in [-0.39, 0.29) is 5.56 Å². The summed E-state index contributed by atoms with van der Waals surface area (Å²) in [5, 5.41) is 4.19. The van der Waals surface area contributed by atoms with Gasteiger partial charge in [0.15, 0.2) is 0 Å². The Morgan fingerprint density at radius 1 is 1.12 bits per heavy atom. The molecule has 0 aliphatic heterocycles. The smallest absolute Gasteiger partial charge is 0.277 e. The van der Waals surface area contributed by atoms with Gasteiger partial charge in [-0.05, 0) is 0 Å². The van der Waals surface area contributed by atoms with Crippen molar-refractivity contribution in [3.05, 3.63) is 59.1 Å². The second-order valence-electron chi connectivity index (χ2n) is 3.40. The predicted octanol–water partition coefficient (Wildman–Crippen LogP) is 1.95. The summed E-state index contributed by atoms with van der Waals surface area (Å²) in [4.78, 5) is 11.5. The largest absolute Gasteiger partial charge is 0.446 e. The van der Waals surface area contributed by atoms with E-state index in [1.54, 1.807) is 6.07 Å². The summed E-state index contributed by atoms with van der Waals surface area (Å²) in [7, 11) is 0. The Hall–Kier alpha value is -2.36. The third-order valence-electron chi connectivity index (χ3n) is 2.35. The highest BCUT2D eigenvalue weighted by atomic mass is 16.3. The molecule has 2 heterocycles. The molecule has 0 unspecified atom stereocenters. The third kappa shape index (κ3) is 1.32. The first-order chi connectivity index (χ1) is 7.84. The van der Waals surface area contributed by atoms with Gasteiger partial charge in [0.05, 0.1) is 12.0 Å². The van der Waals surface area contributed by atoms with Gasteiger partial charge in [-0.25, -0.2) is 0 Å². The number of fused-ring (bicyclic) bond motifs is 1. The molecule has 0 spiro atoms. The molecule has 0 amide bonds. The molecule has 4 heteroatoms. The summed E-state index contributed by atoms with van der Waals surface area (Å²) < 4.78 is 6.45. The fraction of sp³-hybridized carbons (Fsp3) is 0. The molecular weight excluding hydrogens is 204 g/mol. The Morgan fingerprint density at radius 3 is 2.69 bits per heavy atom. The van der Waals surface area contributed by atoms with Crippen LogP contribution in [0.15, 0.2) is 57.9 Å². The first-order valence-corrected chi connectivity index (χ1v) is 4.87. The van der Waals surface area contributed by atoms with Crippen LogP contribution in [0, 0.1) is 0 Å². The number of benzene rings is 1. The van der Waals surface area contributed by atoms with Crippen molar-refractivity contribution in [2.45, 2.75) is 0 Å². The van der Waals surface area contributed by atoms with Crippen LogP contribution < -0.4 is 5.56 Å². The summed E-state index contributed by atoms with van der Waals surface area (Å²) in [6.07, 6.45) is 1.37. The average Bonchev–Trinajstić information content (AvgIpc) is 2.76. The highest BCUT2D eigenvalue weighted by Crippen LogP contribution is 2.17. The minimum absolute atomic E-state index is 0.191. The van der Waals surface area contributed by atoms with Crippen molar-refractivity contribution < 1.29 is 4.42 Å². The zero-order chi connectivity index (χ0) is 11.0. The highest BCUT2D eigenvalue weighted by molar-refractivity contribution is 5.62. The lowest BCUT2D eigenvalue weighted by Crippen LogP contribution is -2.10.